The maximum Gasteiger partial charge on any atom is 0.336 e. The lowest BCUT2D eigenvalue weighted by Gasteiger charge is -2.00. The smallest absolute Gasteiger partial charge is 0.336 e. The van der Waals surface area contributed by atoms with E-state index in [1.165, 1.54) is 24.4 Å². The standard InChI is InChI=1S/C14H10FNO2/c15-12-7-3-4-8-13(12)16-9-10-5-1-2-6-11(10)14(17)18/h1-9H,(H,17,18). The van der Waals surface area contributed by atoms with Gasteiger partial charge in [0.1, 0.15) is 5.82 Å². The van der Waals surface area contributed by atoms with Gasteiger partial charge in [-0.15, -0.1) is 0 Å². The van der Waals surface area contributed by atoms with Crippen LogP contribution in [0.2, 0.25) is 0 Å². The Morgan fingerprint density at radius 3 is 2.50 bits per heavy atom. The van der Waals surface area contributed by atoms with Crippen LogP contribution in [0.1, 0.15) is 15.9 Å². The molecule has 1 N–H and O–H groups in total. The van der Waals surface area contributed by atoms with Gasteiger partial charge >= 0.3 is 5.97 Å². The van der Waals surface area contributed by atoms with E-state index in [4.69, 9.17) is 5.11 Å². The summed E-state index contributed by atoms with van der Waals surface area (Å²) in [7, 11) is 0. The van der Waals surface area contributed by atoms with Crippen LogP contribution in [0.3, 0.4) is 0 Å². The Morgan fingerprint density at radius 1 is 1.11 bits per heavy atom. The van der Waals surface area contributed by atoms with Crippen molar-refractivity contribution in [2.45, 2.75) is 0 Å². The zero-order valence-electron chi connectivity index (χ0n) is 9.38. The predicted octanol–water partition coefficient (Wildman–Crippen LogP) is 3.27. The van der Waals surface area contributed by atoms with Crippen LogP contribution in [0.5, 0.6) is 0 Å². The van der Waals surface area contributed by atoms with E-state index in [-0.39, 0.29) is 11.3 Å². The third-order valence-electron chi connectivity index (χ3n) is 2.39. The maximum absolute atomic E-state index is 13.3. The molecule has 0 heterocycles. The highest BCUT2D eigenvalue weighted by molar-refractivity contribution is 5.98. The molecule has 2 aromatic rings. The normalized spacial score (nSPS) is 10.7. The van der Waals surface area contributed by atoms with Crippen LogP contribution in [0, 0.1) is 5.82 Å². The fourth-order valence-electron chi connectivity index (χ4n) is 1.50. The molecule has 90 valence electrons. The minimum Gasteiger partial charge on any atom is -0.478 e. The van der Waals surface area contributed by atoms with E-state index in [1.54, 1.807) is 30.3 Å². The molecule has 0 aliphatic rings. The first-order chi connectivity index (χ1) is 8.68. The molecule has 0 saturated heterocycles. The topological polar surface area (TPSA) is 49.7 Å². The van der Waals surface area contributed by atoms with Gasteiger partial charge < -0.3 is 5.11 Å². The summed E-state index contributed by atoms with van der Waals surface area (Å²) in [4.78, 5) is 14.9. The SMILES string of the molecule is O=C(O)c1ccccc1C=Nc1ccccc1F. The van der Waals surface area contributed by atoms with Crippen LogP contribution in [-0.2, 0) is 0 Å². The van der Waals surface area contributed by atoms with Crippen molar-refractivity contribution in [3.63, 3.8) is 0 Å². The van der Waals surface area contributed by atoms with Crippen LogP contribution in [0.15, 0.2) is 53.5 Å². The number of aliphatic imine (C=N–C) groups is 1. The van der Waals surface area contributed by atoms with Crippen molar-refractivity contribution < 1.29 is 14.3 Å². The molecule has 2 aromatic carbocycles. The van der Waals surface area contributed by atoms with Gasteiger partial charge in [0.25, 0.3) is 0 Å². The van der Waals surface area contributed by atoms with E-state index < -0.39 is 11.8 Å². The summed E-state index contributed by atoms with van der Waals surface area (Å²) in [6.45, 7) is 0. The van der Waals surface area contributed by atoms with Crippen molar-refractivity contribution in [1.29, 1.82) is 0 Å². The average molecular weight is 243 g/mol. The van der Waals surface area contributed by atoms with Crippen LogP contribution < -0.4 is 0 Å². The largest absolute Gasteiger partial charge is 0.478 e. The number of carboxylic acids is 1. The number of para-hydroxylation sites is 1. The van der Waals surface area contributed by atoms with Gasteiger partial charge in [0.2, 0.25) is 0 Å². The first-order valence-electron chi connectivity index (χ1n) is 5.29. The summed E-state index contributed by atoms with van der Waals surface area (Å²) in [6.07, 6.45) is 1.35. The van der Waals surface area contributed by atoms with Crippen molar-refractivity contribution in [1.82, 2.24) is 0 Å². The number of rotatable bonds is 3. The number of benzene rings is 2. The van der Waals surface area contributed by atoms with Crippen molar-refractivity contribution in [3.8, 4) is 0 Å². The quantitative estimate of drug-likeness (QED) is 0.841. The van der Waals surface area contributed by atoms with Crippen LogP contribution >= 0.6 is 0 Å². The second-order valence-electron chi connectivity index (χ2n) is 3.60. The number of nitrogens with zero attached hydrogens (tertiary/aromatic N) is 1. The molecule has 0 aliphatic heterocycles. The first-order valence-corrected chi connectivity index (χ1v) is 5.29. The summed E-state index contributed by atoms with van der Waals surface area (Å²) < 4.78 is 13.3. The van der Waals surface area contributed by atoms with E-state index in [0.29, 0.717) is 5.56 Å². The zero-order valence-corrected chi connectivity index (χ0v) is 9.38. The highest BCUT2D eigenvalue weighted by Crippen LogP contribution is 2.16. The highest BCUT2D eigenvalue weighted by atomic mass is 19.1. The third kappa shape index (κ3) is 2.60. The second-order valence-corrected chi connectivity index (χ2v) is 3.60. The zero-order chi connectivity index (χ0) is 13.0. The lowest BCUT2D eigenvalue weighted by atomic mass is 10.1. The number of halogens is 1. The van der Waals surface area contributed by atoms with Crippen molar-refractivity contribution in [2.24, 2.45) is 4.99 Å². The minimum absolute atomic E-state index is 0.137. The van der Waals surface area contributed by atoms with Crippen LogP contribution in [-0.4, -0.2) is 17.3 Å². The van der Waals surface area contributed by atoms with Crippen LogP contribution in [0.25, 0.3) is 0 Å². The first kappa shape index (κ1) is 12.0. The maximum atomic E-state index is 13.3. The average Bonchev–Trinajstić information content (AvgIpc) is 2.38. The van der Waals surface area contributed by atoms with Gasteiger partial charge in [0.05, 0.1) is 11.3 Å². The summed E-state index contributed by atoms with van der Waals surface area (Å²) in [5, 5.41) is 8.98. The molecule has 0 aliphatic carbocycles. The molecule has 0 bridgehead atoms. The Balaban J connectivity index is 2.35. The lowest BCUT2D eigenvalue weighted by Crippen LogP contribution is -2.01. The molecule has 0 amide bonds. The van der Waals surface area contributed by atoms with E-state index in [0.717, 1.165) is 0 Å². The van der Waals surface area contributed by atoms with E-state index >= 15 is 0 Å². The van der Waals surface area contributed by atoms with Crippen LogP contribution in [0.4, 0.5) is 10.1 Å². The van der Waals surface area contributed by atoms with Gasteiger partial charge in [0.15, 0.2) is 0 Å². The highest BCUT2D eigenvalue weighted by Gasteiger charge is 2.06. The summed E-state index contributed by atoms with van der Waals surface area (Å²) >= 11 is 0. The Bertz CT molecular complexity index is 608. The van der Waals surface area contributed by atoms with Gasteiger partial charge in [0, 0.05) is 11.8 Å². The molecular formula is C14H10FNO2. The van der Waals surface area contributed by atoms with Gasteiger partial charge in [-0.25, -0.2) is 9.18 Å². The summed E-state index contributed by atoms with van der Waals surface area (Å²) in [5.41, 5.74) is 0.753. The van der Waals surface area contributed by atoms with E-state index in [9.17, 15) is 9.18 Å². The molecule has 0 aromatic heterocycles. The van der Waals surface area contributed by atoms with Gasteiger partial charge in [-0.2, -0.15) is 0 Å². The summed E-state index contributed by atoms with van der Waals surface area (Å²) in [6, 6.07) is 12.5. The molecule has 0 spiro atoms. The minimum atomic E-state index is -1.04. The Hall–Kier alpha value is -2.49. The fraction of sp³-hybridized carbons (Fsp3) is 0. The summed E-state index contributed by atoms with van der Waals surface area (Å²) in [5.74, 6) is -1.48. The second kappa shape index (κ2) is 5.23. The molecule has 3 nitrogen and oxygen atoms in total. The van der Waals surface area contributed by atoms with Gasteiger partial charge in [-0.3, -0.25) is 4.99 Å². The molecule has 18 heavy (non-hydrogen) atoms. The molecule has 2 rings (SSSR count). The molecule has 0 radical (unpaired) electrons. The number of hydrogen-bond acceptors (Lipinski definition) is 2. The fourth-order valence-corrected chi connectivity index (χ4v) is 1.50. The lowest BCUT2D eigenvalue weighted by molar-refractivity contribution is 0.0697. The molecule has 0 unspecified atom stereocenters. The molecule has 4 heteroatoms. The molecular weight excluding hydrogens is 233 g/mol. The molecule has 0 atom stereocenters. The van der Waals surface area contributed by atoms with Gasteiger partial charge in [-0.05, 0) is 18.2 Å². The van der Waals surface area contributed by atoms with Crippen molar-refractivity contribution >= 4 is 17.9 Å². The van der Waals surface area contributed by atoms with Crippen molar-refractivity contribution in [3.05, 3.63) is 65.5 Å². The van der Waals surface area contributed by atoms with Gasteiger partial charge in [-0.1, -0.05) is 30.3 Å². The number of carboxylic acid groups (broad SMARTS) is 1. The van der Waals surface area contributed by atoms with E-state index in [2.05, 4.69) is 4.99 Å². The predicted molar refractivity (Wildman–Crippen MR) is 67.1 cm³/mol. The Labute approximate surface area is 103 Å². The third-order valence-corrected chi connectivity index (χ3v) is 2.39. The molecule has 0 fully saturated rings. The number of aromatic carboxylic acids is 1. The number of hydrogen-bond donors (Lipinski definition) is 1. The Kier molecular flexibility index (Phi) is 3.48. The van der Waals surface area contributed by atoms with E-state index in [1.807, 2.05) is 0 Å². The monoisotopic (exact) mass is 243 g/mol. The van der Waals surface area contributed by atoms with Crippen molar-refractivity contribution in [2.75, 3.05) is 0 Å². The Morgan fingerprint density at radius 2 is 1.78 bits per heavy atom. The number of carbonyl (C=O) groups is 1. The molecule has 0 saturated carbocycles.